The molecule has 1 heterocycles. The van der Waals surface area contributed by atoms with E-state index in [9.17, 15) is 4.79 Å². The van der Waals surface area contributed by atoms with Crippen molar-refractivity contribution in [3.05, 3.63) is 119 Å². The number of aromatic nitrogens is 4. The van der Waals surface area contributed by atoms with Gasteiger partial charge in [0.2, 0.25) is 0 Å². The fourth-order valence-corrected chi connectivity index (χ4v) is 3.74. The summed E-state index contributed by atoms with van der Waals surface area (Å²) >= 11 is 6.17. The first-order valence-corrected chi connectivity index (χ1v) is 10.7. The second kappa shape index (κ2) is 9.06. The second-order valence-corrected chi connectivity index (χ2v) is 7.78. The molecule has 0 radical (unpaired) electrons. The van der Waals surface area contributed by atoms with Crippen LogP contribution in [0.15, 0.2) is 97.2 Å². The van der Waals surface area contributed by atoms with E-state index in [1.54, 1.807) is 47.3 Å². The van der Waals surface area contributed by atoms with Crippen LogP contribution >= 0.6 is 11.6 Å². The molecule has 4 aromatic carbocycles. The number of fused-ring (bicyclic) bond motifs is 1. The van der Waals surface area contributed by atoms with Crippen molar-refractivity contribution < 1.29 is 4.79 Å². The third-order valence-corrected chi connectivity index (χ3v) is 5.44. The van der Waals surface area contributed by atoms with Crippen molar-refractivity contribution in [1.82, 2.24) is 20.2 Å². The Morgan fingerprint density at radius 1 is 0.879 bits per heavy atom. The Labute approximate surface area is 195 Å². The molecule has 0 aliphatic carbocycles. The predicted molar refractivity (Wildman–Crippen MR) is 131 cm³/mol. The van der Waals surface area contributed by atoms with Gasteiger partial charge < -0.3 is 5.32 Å². The molecule has 5 rings (SSSR count). The highest BCUT2D eigenvalue weighted by Crippen LogP contribution is 2.24. The first-order chi connectivity index (χ1) is 16.2. The lowest BCUT2D eigenvalue weighted by atomic mass is 10.0. The largest absolute Gasteiger partial charge is 0.361 e. The molecule has 0 aliphatic heterocycles. The lowest BCUT2D eigenvalue weighted by Gasteiger charge is -2.09. The molecule has 0 spiro atoms. The van der Waals surface area contributed by atoms with Gasteiger partial charge in [-0.2, -0.15) is 4.68 Å². The van der Waals surface area contributed by atoms with E-state index in [1.807, 2.05) is 54.6 Å². The van der Waals surface area contributed by atoms with E-state index in [0.717, 1.165) is 16.5 Å². The summed E-state index contributed by atoms with van der Waals surface area (Å²) < 4.78 is 1.66. The van der Waals surface area contributed by atoms with Crippen LogP contribution < -0.4 is 5.32 Å². The van der Waals surface area contributed by atoms with E-state index in [2.05, 4.69) is 26.9 Å². The molecule has 160 valence electrons. The Bertz CT molecular complexity index is 1480. The smallest absolute Gasteiger partial charge is 0.195 e. The number of rotatable bonds is 6. The van der Waals surface area contributed by atoms with Gasteiger partial charge in [-0.3, -0.25) is 4.79 Å². The molecule has 1 N–H and O–H groups in total. The normalized spacial score (nSPS) is 11.2. The molecule has 0 amide bonds. The van der Waals surface area contributed by atoms with Crippen LogP contribution in [0.25, 0.3) is 22.5 Å². The van der Waals surface area contributed by atoms with E-state index < -0.39 is 0 Å². The summed E-state index contributed by atoms with van der Waals surface area (Å²) in [6.07, 6.45) is 3.45. The summed E-state index contributed by atoms with van der Waals surface area (Å²) in [5.74, 6) is 0.428. The summed E-state index contributed by atoms with van der Waals surface area (Å²) in [4.78, 5) is 13.0. The van der Waals surface area contributed by atoms with Crippen LogP contribution in [0.3, 0.4) is 0 Å². The lowest BCUT2D eigenvalue weighted by molar-refractivity contribution is 0.103. The minimum Gasteiger partial charge on any atom is -0.361 e. The highest BCUT2D eigenvalue weighted by molar-refractivity contribution is 6.31. The zero-order chi connectivity index (χ0) is 22.6. The number of halogens is 1. The molecular formula is C26H18ClN5O. The molecule has 0 saturated heterocycles. The van der Waals surface area contributed by atoms with Gasteiger partial charge in [0.05, 0.1) is 5.69 Å². The average molecular weight is 452 g/mol. The SMILES string of the molecule is O=C(c1ccccc1)c1cc(Cl)ccc1NC=Cc1nnnn1-c1ccc2ccccc2c1. The van der Waals surface area contributed by atoms with Gasteiger partial charge >= 0.3 is 0 Å². The molecular weight excluding hydrogens is 434 g/mol. The van der Waals surface area contributed by atoms with Crippen LogP contribution in [0.5, 0.6) is 0 Å². The first kappa shape index (κ1) is 20.6. The standard InChI is InChI=1S/C26H18ClN5O/c27-21-11-13-24(23(17-21)26(33)19-7-2-1-3-8-19)28-15-14-25-29-30-31-32(25)22-12-10-18-6-4-5-9-20(18)16-22/h1-17,28H. The van der Waals surface area contributed by atoms with Gasteiger partial charge in [-0.15, -0.1) is 5.10 Å². The molecule has 5 aromatic rings. The Morgan fingerprint density at radius 2 is 1.67 bits per heavy atom. The van der Waals surface area contributed by atoms with Gasteiger partial charge in [-0.05, 0) is 51.5 Å². The molecule has 0 atom stereocenters. The molecule has 0 saturated carbocycles. The van der Waals surface area contributed by atoms with Crippen LogP contribution in [0.4, 0.5) is 5.69 Å². The van der Waals surface area contributed by atoms with Crippen LogP contribution in [0.2, 0.25) is 5.02 Å². The predicted octanol–water partition coefficient (Wildman–Crippen LogP) is 5.78. The topological polar surface area (TPSA) is 72.7 Å². The van der Waals surface area contributed by atoms with Crippen molar-refractivity contribution in [3.63, 3.8) is 0 Å². The maximum absolute atomic E-state index is 13.0. The summed E-state index contributed by atoms with van der Waals surface area (Å²) in [7, 11) is 0. The number of anilines is 1. The van der Waals surface area contributed by atoms with E-state index in [0.29, 0.717) is 27.7 Å². The van der Waals surface area contributed by atoms with Crippen molar-refractivity contribution in [2.45, 2.75) is 0 Å². The zero-order valence-corrected chi connectivity index (χ0v) is 18.1. The quantitative estimate of drug-likeness (QED) is 0.331. The molecule has 0 fully saturated rings. The Morgan fingerprint density at radius 3 is 2.52 bits per heavy atom. The van der Waals surface area contributed by atoms with Crippen LogP contribution in [-0.2, 0) is 0 Å². The van der Waals surface area contributed by atoms with Crippen molar-refractivity contribution in [2.24, 2.45) is 0 Å². The summed E-state index contributed by atoms with van der Waals surface area (Å²) in [6.45, 7) is 0. The molecule has 0 bridgehead atoms. The van der Waals surface area contributed by atoms with Crippen LogP contribution in [-0.4, -0.2) is 26.0 Å². The van der Waals surface area contributed by atoms with Gasteiger partial charge in [0.25, 0.3) is 0 Å². The zero-order valence-electron chi connectivity index (χ0n) is 17.4. The molecule has 1 aromatic heterocycles. The second-order valence-electron chi connectivity index (χ2n) is 7.34. The number of hydrogen-bond acceptors (Lipinski definition) is 5. The third-order valence-electron chi connectivity index (χ3n) is 5.20. The van der Waals surface area contributed by atoms with Gasteiger partial charge in [0.1, 0.15) is 0 Å². The monoisotopic (exact) mass is 451 g/mol. The Hall–Kier alpha value is -4.29. The van der Waals surface area contributed by atoms with E-state index >= 15 is 0 Å². The molecule has 0 aliphatic rings. The summed E-state index contributed by atoms with van der Waals surface area (Å²) in [5, 5.41) is 17.9. The number of ketones is 1. The van der Waals surface area contributed by atoms with Gasteiger partial charge in [0, 0.05) is 34.1 Å². The fourth-order valence-electron chi connectivity index (χ4n) is 3.57. The maximum Gasteiger partial charge on any atom is 0.195 e. The number of tetrazole rings is 1. The minimum atomic E-state index is -0.116. The molecule has 6 nitrogen and oxygen atoms in total. The summed E-state index contributed by atoms with van der Waals surface area (Å²) in [6, 6.07) is 28.4. The van der Waals surface area contributed by atoms with Crippen LogP contribution in [0.1, 0.15) is 21.7 Å². The van der Waals surface area contributed by atoms with E-state index in [1.165, 1.54) is 0 Å². The number of benzene rings is 4. The highest BCUT2D eigenvalue weighted by atomic mass is 35.5. The van der Waals surface area contributed by atoms with Crippen LogP contribution in [0, 0.1) is 0 Å². The fraction of sp³-hybridized carbons (Fsp3) is 0. The summed E-state index contributed by atoms with van der Waals surface area (Å²) in [5.41, 5.74) is 2.55. The molecule has 7 heteroatoms. The van der Waals surface area contributed by atoms with Gasteiger partial charge in [-0.1, -0.05) is 72.3 Å². The average Bonchev–Trinajstić information content (AvgIpc) is 3.33. The van der Waals surface area contributed by atoms with E-state index in [4.69, 9.17) is 11.6 Å². The number of nitrogens with one attached hydrogen (secondary N) is 1. The number of hydrogen-bond donors (Lipinski definition) is 1. The van der Waals surface area contributed by atoms with E-state index in [-0.39, 0.29) is 5.78 Å². The number of carbonyl (C=O) groups is 1. The Kier molecular flexibility index (Phi) is 5.66. The first-order valence-electron chi connectivity index (χ1n) is 10.3. The molecule has 0 unspecified atom stereocenters. The Balaban J connectivity index is 1.41. The third kappa shape index (κ3) is 4.37. The van der Waals surface area contributed by atoms with Crippen molar-refractivity contribution in [2.75, 3.05) is 5.32 Å². The number of nitrogens with zero attached hydrogens (tertiary/aromatic N) is 4. The lowest BCUT2D eigenvalue weighted by Crippen LogP contribution is -2.05. The van der Waals surface area contributed by atoms with Gasteiger partial charge in [0.15, 0.2) is 11.6 Å². The van der Waals surface area contributed by atoms with Gasteiger partial charge in [-0.25, -0.2) is 0 Å². The molecule has 33 heavy (non-hydrogen) atoms. The van der Waals surface area contributed by atoms with Crippen molar-refractivity contribution in [1.29, 1.82) is 0 Å². The minimum absolute atomic E-state index is 0.116. The number of carbonyl (C=O) groups excluding carboxylic acids is 1. The van der Waals surface area contributed by atoms with Crippen molar-refractivity contribution >= 4 is 39.9 Å². The maximum atomic E-state index is 13.0. The highest BCUT2D eigenvalue weighted by Gasteiger charge is 2.14. The van der Waals surface area contributed by atoms with Crippen molar-refractivity contribution in [3.8, 4) is 5.69 Å².